The molecule has 1 aromatic rings. The molecule has 3 atom stereocenters. The van der Waals surface area contributed by atoms with Crippen molar-refractivity contribution in [3.05, 3.63) is 47.0 Å². The van der Waals surface area contributed by atoms with Crippen LogP contribution in [-0.2, 0) is 4.79 Å². The zero-order valence-electron chi connectivity index (χ0n) is 16.7. The molecule has 1 aromatic carbocycles. The lowest BCUT2D eigenvalue weighted by Gasteiger charge is -2.58. The van der Waals surface area contributed by atoms with E-state index in [0.717, 1.165) is 35.6 Å². The average molecular weight is 384 g/mol. The second-order valence-electron chi connectivity index (χ2n) is 9.62. The maximum atomic E-state index is 12.5. The van der Waals surface area contributed by atoms with Crippen LogP contribution in [0.4, 0.5) is 5.69 Å². The van der Waals surface area contributed by atoms with Crippen LogP contribution in [0.5, 0.6) is 0 Å². The zero-order chi connectivity index (χ0) is 19.4. The highest BCUT2D eigenvalue weighted by Gasteiger charge is 2.52. The minimum absolute atomic E-state index is 0.0369. The summed E-state index contributed by atoms with van der Waals surface area (Å²) in [5.74, 6) is 1.14. The molecule has 2 nitrogen and oxygen atoms in total. The number of amides is 1. The molecule has 4 rings (SSSR count). The summed E-state index contributed by atoms with van der Waals surface area (Å²) in [7, 11) is 0. The summed E-state index contributed by atoms with van der Waals surface area (Å²) in [6.07, 6.45) is 9.28. The first-order valence-corrected chi connectivity index (χ1v) is 10.6. The van der Waals surface area contributed by atoms with Gasteiger partial charge in [-0.05, 0) is 60.8 Å². The van der Waals surface area contributed by atoms with Gasteiger partial charge in [-0.1, -0.05) is 69.2 Å². The van der Waals surface area contributed by atoms with Crippen LogP contribution in [0.1, 0.15) is 64.9 Å². The van der Waals surface area contributed by atoms with Gasteiger partial charge in [-0.3, -0.25) is 4.79 Å². The molecule has 3 aliphatic rings. The van der Waals surface area contributed by atoms with Crippen LogP contribution in [-0.4, -0.2) is 5.91 Å². The van der Waals surface area contributed by atoms with Crippen LogP contribution < -0.4 is 5.32 Å². The van der Waals surface area contributed by atoms with Crippen molar-refractivity contribution in [2.75, 3.05) is 5.32 Å². The molecule has 27 heavy (non-hydrogen) atoms. The van der Waals surface area contributed by atoms with E-state index in [1.807, 2.05) is 18.2 Å². The normalized spacial score (nSPS) is 33.6. The smallest absolute Gasteiger partial charge is 0.256 e. The van der Waals surface area contributed by atoms with Gasteiger partial charge in [-0.25, -0.2) is 0 Å². The molecule has 1 amide bonds. The second-order valence-corrected chi connectivity index (χ2v) is 10.0. The van der Waals surface area contributed by atoms with E-state index >= 15 is 0 Å². The zero-order valence-corrected chi connectivity index (χ0v) is 17.5. The summed E-state index contributed by atoms with van der Waals surface area (Å²) in [5, 5.41) is 3.54. The van der Waals surface area contributed by atoms with Crippen molar-refractivity contribution in [3.8, 4) is 0 Å². The van der Waals surface area contributed by atoms with E-state index in [-0.39, 0.29) is 11.3 Å². The maximum absolute atomic E-state index is 12.5. The summed E-state index contributed by atoms with van der Waals surface area (Å²) in [6.45, 7) is 11.8. The van der Waals surface area contributed by atoms with Gasteiger partial charge in [0.05, 0.1) is 10.7 Å². The summed E-state index contributed by atoms with van der Waals surface area (Å²) < 4.78 is 0. The van der Waals surface area contributed by atoms with Gasteiger partial charge in [0.1, 0.15) is 0 Å². The Labute approximate surface area is 168 Å². The predicted molar refractivity (Wildman–Crippen MR) is 114 cm³/mol. The third-order valence-electron chi connectivity index (χ3n) is 7.66. The van der Waals surface area contributed by atoms with Crippen molar-refractivity contribution in [1.29, 1.82) is 0 Å². The predicted octanol–water partition coefficient (Wildman–Crippen LogP) is 6.86. The lowest BCUT2D eigenvalue weighted by atomic mass is 9.47. The highest BCUT2D eigenvalue weighted by Crippen LogP contribution is 2.61. The maximum Gasteiger partial charge on any atom is 0.256 e. The molecular weight excluding hydrogens is 354 g/mol. The minimum atomic E-state index is -0.0369. The monoisotopic (exact) mass is 383 g/mol. The van der Waals surface area contributed by atoms with Crippen molar-refractivity contribution in [3.63, 3.8) is 0 Å². The quantitative estimate of drug-likeness (QED) is 0.438. The Morgan fingerprint density at radius 1 is 1.30 bits per heavy atom. The second kappa shape index (κ2) is 6.51. The molecule has 0 bridgehead atoms. The fourth-order valence-electron chi connectivity index (χ4n) is 6.33. The molecule has 0 spiro atoms. The molecule has 2 aliphatic carbocycles. The van der Waals surface area contributed by atoms with E-state index in [1.54, 1.807) is 0 Å². The number of allylic oxidation sites excluding steroid dienone is 2. The van der Waals surface area contributed by atoms with E-state index in [1.165, 1.54) is 31.3 Å². The standard InChI is InChI=1S/C24H30ClNO/c1-15-9-12-20-23(2,3)13-6-14-24(20,4)18(15)11-10-17-16-7-5-8-19(25)21(16)26-22(17)27/h5,7-8,10,18,20H,1,6,9,11-14H2,2-4H3,(H,26,27)/b17-10-/t18-,20-,24+/m0/s1. The number of fused-ring (bicyclic) bond motifs is 2. The molecule has 0 radical (unpaired) electrons. The van der Waals surface area contributed by atoms with Crippen LogP contribution in [0.25, 0.3) is 5.57 Å². The van der Waals surface area contributed by atoms with E-state index in [4.69, 9.17) is 11.6 Å². The van der Waals surface area contributed by atoms with Gasteiger partial charge in [0.2, 0.25) is 0 Å². The van der Waals surface area contributed by atoms with Crippen molar-refractivity contribution in [2.45, 2.75) is 59.3 Å². The Bertz CT molecular complexity index is 837. The number of carbonyl (C=O) groups is 1. The summed E-state index contributed by atoms with van der Waals surface area (Å²) in [6, 6.07) is 5.72. The van der Waals surface area contributed by atoms with Crippen LogP contribution in [0, 0.1) is 22.7 Å². The number of benzene rings is 1. The molecule has 0 unspecified atom stereocenters. The van der Waals surface area contributed by atoms with Crippen molar-refractivity contribution in [2.24, 2.45) is 22.7 Å². The third kappa shape index (κ3) is 2.97. The molecular formula is C24H30ClNO. The van der Waals surface area contributed by atoms with Gasteiger partial charge in [-0.15, -0.1) is 0 Å². The van der Waals surface area contributed by atoms with Crippen molar-refractivity contribution < 1.29 is 4.79 Å². The third-order valence-corrected chi connectivity index (χ3v) is 7.98. The Morgan fingerprint density at radius 2 is 2.07 bits per heavy atom. The largest absolute Gasteiger partial charge is 0.320 e. The summed E-state index contributed by atoms with van der Waals surface area (Å²) in [5.41, 5.74) is 4.49. The number of para-hydroxylation sites is 1. The van der Waals surface area contributed by atoms with Crippen LogP contribution in [0.15, 0.2) is 36.4 Å². The fourth-order valence-corrected chi connectivity index (χ4v) is 6.55. The van der Waals surface area contributed by atoms with Crippen molar-refractivity contribution in [1.82, 2.24) is 0 Å². The Kier molecular flexibility index (Phi) is 4.54. The highest BCUT2D eigenvalue weighted by atomic mass is 35.5. The minimum Gasteiger partial charge on any atom is -0.320 e. The molecule has 1 heterocycles. The number of hydrogen-bond acceptors (Lipinski definition) is 1. The fraction of sp³-hybridized carbons (Fsp3) is 0.542. The van der Waals surface area contributed by atoms with Crippen LogP contribution in [0.2, 0.25) is 5.02 Å². The Balaban J connectivity index is 1.66. The number of carbonyl (C=O) groups excluding carboxylic acids is 1. The first kappa shape index (κ1) is 18.8. The van der Waals surface area contributed by atoms with E-state index < -0.39 is 0 Å². The molecule has 144 valence electrons. The van der Waals surface area contributed by atoms with Crippen LogP contribution in [0.3, 0.4) is 0 Å². The Hall–Kier alpha value is -1.54. The number of rotatable bonds is 2. The molecule has 2 saturated carbocycles. The molecule has 1 N–H and O–H groups in total. The van der Waals surface area contributed by atoms with Crippen molar-refractivity contribution >= 4 is 28.8 Å². The van der Waals surface area contributed by atoms with Gasteiger partial charge in [0, 0.05) is 11.1 Å². The number of nitrogens with one attached hydrogen (secondary N) is 1. The number of hydrogen-bond donors (Lipinski definition) is 1. The van der Waals surface area contributed by atoms with Gasteiger partial charge in [0.25, 0.3) is 5.91 Å². The SMILES string of the molecule is C=C1CC[C@H]2C(C)(C)CCC[C@]2(C)[C@H]1C/C=C1\C(=O)Nc2c(Cl)cccc21. The average Bonchev–Trinajstić information content (AvgIpc) is 2.91. The highest BCUT2D eigenvalue weighted by molar-refractivity contribution is 6.39. The lowest BCUT2D eigenvalue weighted by Crippen LogP contribution is -2.49. The molecule has 1 aliphatic heterocycles. The lowest BCUT2D eigenvalue weighted by molar-refractivity contribution is -0.110. The van der Waals surface area contributed by atoms with E-state index in [9.17, 15) is 4.79 Å². The number of halogens is 1. The van der Waals surface area contributed by atoms with E-state index in [2.05, 4.69) is 38.7 Å². The number of anilines is 1. The molecule has 0 saturated heterocycles. The summed E-state index contributed by atoms with van der Waals surface area (Å²) in [4.78, 5) is 12.5. The Morgan fingerprint density at radius 3 is 2.85 bits per heavy atom. The van der Waals surface area contributed by atoms with Gasteiger partial charge in [0.15, 0.2) is 0 Å². The first-order chi connectivity index (χ1) is 12.7. The molecule has 3 heteroatoms. The van der Waals surface area contributed by atoms with Gasteiger partial charge < -0.3 is 5.32 Å². The topological polar surface area (TPSA) is 29.1 Å². The molecule has 0 aromatic heterocycles. The first-order valence-electron chi connectivity index (χ1n) is 10.2. The molecule has 2 fully saturated rings. The van der Waals surface area contributed by atoms with Gasteiger partial charge in [-0.2, -0.15) is 0 Å². The van der Waals surface area contributed by atoms with Crippen LogP contribution >= 0.6 is 11.6 Å². The van der Waals surface area contributed by atoms with E-state index in [0.29, 0.717) is 16.4 Å². The summed E-state index contributed by atoms with van der Waals surface area (Å²) >= 11 is 6.26. The van der Waals surface area contributed by atoms with Gasteiger partial charge >= 0.3 is 0 Å².